The van der Waals surface area contributed by atoms with Crippen molar-refractivity contribution in [2.45, 2.75) is 6.61 Å². The summed E-state index contributed by atoms with van der Waals surface area (Å²) in [5.74, 6) is -0.889. The molecule has 3 rings (SSSR count). The van der Waals surface area contributed by atoms with E-state index >= 15 is 0 Å². The monoisotopic (exact) mass is 529 g/mol. The molecule has 4 nitrogen and oxygen atoms in total. The Morgan fingerprint density at radius 1 is 1.10 bits per heavy atom. The van der Waals surface area contributed by atoms with Gasteiger partial charge in [-0.05, 0) is 79.4 Å². The molecule has 0 unspecified atom stereocenters. The van der Waals surface area contributed by atoms with Crippen LogP contribution in [0.15, 0.2) is 69.6 Å². The minimum Gasteiger partial charge on any atom is -0.487 e. The second-order valence-electron chi connectivity index (χ2n) is 6.25. The van der Waals surface area contributed by atoms with Crippen LogP contribution in [0.5, 0.6) is 5.75 Å². The third-order valence-corrected chi connectivity index (χ3v) is 5.38. The molecule has 0 atom stereocenters. The first kappa shape index (κ1) is 21.8. The molecular formula is C23H14Br2FNO3. The average Bonchev–Trinajstić information content (AvgIpc) is 2.72. The molecule has 1 N–H and O–H groups in total. The molecule has 0 saturated carbocycles. The minimum atomic E-state index is -0.983. The molecule has 0 aromatic heterocycles. The Labute approximate surface area is 189 Å². The van der Waals surface area contributed by atoms with E-state index in [2.05, 4.69) is 31.9 Å². The van der Waals surface area contributed by atoms with E-state index in [1.54, 1.807) is 48.5 Å². The summed E-state index contributed by atoms with van der Waals surface area (Å²) in [4.78, 5) is 10.9. The van der Waals surface area contributed by atoms with Gasteiger partial charge in [-0.25, -0.2) is 9.18 Å². The van der Waals surface area contributed by atoms with Crippen LogP contribution in [0, 0.1) is 17.1 Å². The number of hydrogen-bond acceptors (Lipinski definition) is 3. The van der Waals surface area contributed by atoms with Crippen molar-refractivity contribution in [2.24, 2.45) is 0 Å². The fraction of sp³-hybridized carbons (Fsp3) is 0.0435. The molecular weight excluding hydrogens is 517 g/mol. The number of benzene rings is 3. The predicted molar refractivity (Wildman–Crippen MR) is 119 cm³/mol. The lowest BCUT2D eigenvalue weighted by Gasteiger charge is -2.12. The van der Waals surface area contributed by atoms with Gasteiger partial charge in [-0.1, -0.05) is 30.3 Å². The molecule has 3 aromatic carbocycles. The Hall–Kier alpha value is -2.95. The van der Waals surface area contributed by atoms with Crippen molar-refractivity contribution in [3.8, 4) is 11.8 Å². The van der Waals surface area contributed by atoms with Gasteiger partial charge in [0, 0.05) is 5.56 Å². The van der Waals surface area contributed by atoms with Crippen LogP contribution < -0.4 is 4.74 Å². The molecule has 150 valence electrons. The Morgan fingerprint density at radius 2 is 1.73 bits per heavy atom. The van der Waals surface area contributed by atoms with Crippen molar-refractivity contribution in [2.75, 3.05) is 0 Å². The summed E-state index contributed by atoms with van der Waals surface area (Å²) in [5.41, 5.74) is 2.15. The van der Waals surface area contributed by atoms with Crippen LogP contribution in [0.3, 0.4) is 0 Å². The van der Waals surface area contributed by atoms with E-state index in [1.807, 2.05) is 6.07 Å². The second kappa shape index (κ2) is 9.70. The van der Waals surface area contributed by atoms with Crippen LogP contribution in [0.4, 0.5) is 4.39 Å². The lowest BCUT2D eigenvalue weighted by atomic mass is 10.0. The van der Waals surface area contributed by atoms with Gasteiger partial charge in [0.15, 0.2) is 0 Å². The lowest BCUT2D eigenvalue weighted by molar-refractivity contribution is 0.0697. The van der Waals surface area contributed by atoms with Gasteiger partial charge in [-0.3, -0.25) is 0 Å². The highest BCUT2D eigenvalue weighted by Gasteiger charge is 2.12. The number of carboxylic acid groups (broad SMARTS) is 1. The fourth-order valence-corrected chi connectivity index (χ4v) is 4.17. The van der Waals surface area contributed by atoms with Gasteiger partial charge in [0.05, 0.1) is 26.2 Å². The molecule has 0 bridgehead atoms. The van der Waals surface area contributed by atoms with Crippen molar-refractivity contribution < 1.29 is 19.0 Å². The maximum Gasteiger partial charge on any atom is 0.335 e. The Bertz CT molecular complexity index is 1140. The molecule has 7 heteroatoms. The number of carboxylic acids is 1. The molecule has 0 radical (unpaired) electrons. The maximum atomic E-state index is 14.0. The number of hydrogen-bond donors (Lipinski definition) is 1. The Kier molecular flexibility index (Phi) is 7.03. The summed E-state index contributed by atoms with van der Waals surface area (Å²) in [6, 6.07) is 18.1. The Balaban J connectivity index is 1.82. The zero-order valence-electron chi connectivity index (χ0n) is 15.4. The summed E-state index contributed by atoms with van der Waals surface area (Å²) in [5, 5.41) is 18.4. The molecule has 0 aliphatic rings. The quantitative estimate of drug-likeness (QED) is 0.284. The standard InChI is InChI=1S/C23H14Br2FNO3/c24-19-10-15(9-17(12-27)18-3-1-2-4-21(18)26)11-20(25)22(19)30-13-14-5-7-16(8-6-14)23(28)29/h1-11H,13H2,(H,28,29)/b17-9-. The highest BCUT2D eigenvalue weighted by molar-refractivity contribution is 9.11. The van der Waals surface area contributed by atoms with E-state index in [-0.39, 0.29) is 23.3 Å². The molecule has 0 heterocycles. The first-order valence-corrected chi connectivity index (χ1v) is 10.3. The van der Waals surface area contributed by atoms with Crippen LogP contribution in [0.2, 0.25) is 0 Å². The first-order valence-electron chi connectivity index (χ1n) is 8.70. The van der Waals surface area contributed by atoms with Crippen molar-refractivity contribution >= 4 is 49.5 Å². The van der Waals surface area contributed by atoms with E-state index in [0.717, 1.165) is 5.56 Å². The van der Waals surface area contributed by atoms with E-state index in [9.17, 15) is 14.4 Å². The summed E-state index contributed by atoms with van der Waals surface area (Å²) in [6.07, 6.45) is 1.60. The smallest absolute Gasteiger partial charge is 0.335 e. The van der Waals surface area contributed by atoms with Crippen molar-refractivity contribution in [3.05, 3.63) is 97.7 Å². The number of carbonyl (C=O) groups is 1. The lowest BCUT2D eigenvalue weighted by Crippen LogP contribution is -2.00. The average molecular weight is 531 g/mol. The van der Waals surface area contributed by atoms with Crippen LogP contribution >= 0.6 is 31.9 Å². The predicted octanol–water partition coefficient (Wildman–Crippen LogP) is 6.69. The SMILES string of the molecule is N#C/C(=C/c1cc(Br)c(OCc2ccc(C(=O)O)cc2)c(Br)c1)c1ccccc1F. The number of halogens is 3. The van der Waals surface area contributed by atoms with Gasteiger partial charge >= 0.3 is 5.97 Å². The number of nitrogens with zero attached hydrogens (tertiary/aromatic N) is 1. The zero-order valence-corrected chi connectivity index (χ0v) is 18.6. The molecule has 3 aromatic rings. The third kappa shape index (κ3) is 5.15. The molecule has 0 aliphatic heterocycles. The Morgan fingerprint density at radius 3 is 2.30 bits per heavy atom. The summed E-state index contributed by atoms with van der Waals surface area (Å²) in [6.45, 7) is 0.241. The van der Waals surface area contributed by atoms with E-state index in [0.29, 0.717) is 20.3 Å². The van der Waals surface area contributed by atoms with Crippen LogP contribution in [-0.2, 0) is 6.61 Å². The summed E-state index contributed by atoms with van der Waals surface area (Å²) < 4.78 is 21.2. The summed E-state index contributed by atoms with van der Waals surface area (Å²) in [7, 11) is 0. The molecule has 0 fully saturated rings. The highest BCUT2D eigenvalue weighted by Crippen LogP contribution is 2.36. The van der Waals surface area contributed by atoms with Gasteiger partial charge < -0.3 is 9.84 Å². The largest absolute Gasteiger partial charge is 0.487 e. The normalized spacial score (nSPS) is 11.1. The van der Waals surface area contributed by atoms with Crippen LogP contribution in [-0.4, -0.2) is 11.1 Å². The maximum absolute atomic E-state index is 14.0. The van der Waals surface area contributed by atoms with Gasteiger partial charge in [0.2, 0.25) is 0 Å². The van der Waals surface area contributed by atoms with E-state index in [4.69, 9.17) is 9.84 Å². The van der Waals surface area contributed by atoms with Gasteiger partial charge in [0.1, 0.15) is 18.2 Å². The van der Waals surface area contributed by atoms with Crippen molar-refractivity contribution in [3.63, 3.8) is 0 Å². The molecule has 0 saturated heterocycles. The number of aromatic carboxylic acids is 1. The minimum absolute atomic E-state index is 0.207. The van der Waals surface area contributed by atoms with Crippen molar-refractivity contribution in [1.29, 1.82) is 5.26 Å². The number of ether oxygens (including phenoxy) is 1. The molecule has 0 amide bonds. The second-order valence-corrected chi connectivity index (χ2v) is 7.96. The van der Waals surface area contributed by atoms with E-state index < -0.39 is 11.8 Å². The number of rotatable bonds is 6. The highest BCUT2D eigenvalue weighted by atomic mass is 79.9. The van der Waals surface area contributed by atoms with E-state index in [1.165, 1.54) is 18.2 Å². The van der Waals surface area contributed by atoms with Gasteiger partial charge in [0.25, 0.3) is 0 Å². The van der Waals surface area contributed by atoms with Gasteiger partial charge in [-0.15, -0.1) is 0 Å². The van der Waals surface area contributed by atoms with Crippen LogP contribution in [0.25, 0.3) is 11.6 Å². The number of allylic oxidation sites excluding steroid dienone is 1. The number of nitriles is 1. The first-order chi connectivity index (χ1) is 14.4. The summed E-state index contributed by atoms with van der Waals surface area (Å²) >= 11 is 6.93. The zero-order chi connectivity index (χ0) is 21.7. The molecule has 0 aliphatic carbocycles. The van der Waals surface area contributed by atoms with Crippen LogP contribution in [0.1, 0.15) is 27.0 Å². The van der Waals surface area contributed by atoms with Gasteiger partial charge in [-0.2, -0.15) is 5.26 Å². The molecule has 0 spiro atoms. The topological polar surface area (TPSA) is 70.3 Å². The van der Waals surface area contributed by atoms with Crippen molar-refractivity contribution in [1.82, 2.24) is 0 Å². The molecule has 30 heavy (non-hydrogen) atoms. The fourth-order valence-electron chi connectivity index (χ4n) is 2.72. The third-order valence-electron chi connectivity index (χ3n) is 4.20.